The van der Waals surface area contributed by atoms with Crippen molar-refractivity contribution in [3.05, 3.63) is 29.8 Å². The summed E-state index contributed by atoms with van der Waals surface area (Å²) in [7, 11) is 1.33. The second-order valence-electron chi connectivity index (χ2n) is 8.53. The number of thiocarbonyl (C=S) groups is 1. The lowest BCUT2D eigenvalue weighted by atomic mass is 9.71. The number of hydrogen-bond donors (Lipinski definition) is 3. The van der Waals surface area contributed by atoms with Gasteiger partial charge in [0.05, 0.1) is 30.9 Å². The molecule has 3 N–H and O–H groups in total. The quantitative estimate of drug-likeness (QED) is 0.437. The Kier molecular flexibility index (Phi) is 8.26. The predicted molar refractivity (Wildman–Crippen MR) is 124 cm³/mol. The lowest BCUT2D eigenvalue weighted by molar-refractivity contribution is -0.130. The number of piperidine rings is 1. The van der Waals surface area contributed by atoms with Crippen molar-refractivity contribution in [2.75, 3.05) is 32.1 Å². The molecule has 0 bridgehead atoms. The first-order valence-electron chi connectivity index (χ1n) is 11.1. The van der Waals surface area contributed by atoms with Crippen LogP contribution in [0.15, 0.2) is 24.3 Å². The van der Waals surface area contributed by atoms with E-state index in [2.05, 4.69) is 17.6 Å². The number of carbonyl (C=O) groups excluding carboxylic acids is 2. The summed E-state index contributed by atoms with van der Waals surface area (Å²) in [6, 6.07) is 7.25. The van der Waals surface area contributed by atoms with E-state index in [1.165, 1.54) is 20.0 Å². The van der Waals surface area contributed by atoms with Gasteiger partial charge in [-0.2, -0.15) is 0 Å². The average molecular weight is 448 g/mol. The van der Waals surface area contributed by atoms with Gasteiger partial charge in [-0.3, -0.25) is 4.79 Å². The molecule has 1 aliphatic carbocycles. The number of amides is 1. The van der Waals surface area contributed by atoms with Crippen LogP contribution < -0.4 is 10.6 Å². The number of ether oxygens (including phenoxy) is 1. The van der Waals surface area contributed by atoms with E-state index < -0.39 is 5.97 Å². The first kappa shape index (κ1) is 23.5. The van der Waals surface area contributed by atoms with Crippen molar-refractivity contribution in [3.63, 3.8) is 0 Å². The lowest BCUT2D eigenvalue weighted by Gasteiger charge is -2.43. The van der Waals surface area contributed by atoms with Gasteiger partial charge in [0.2, 0.25) is 5.91 Å². The molecule has 0 aromatic heterocycles. The zero-order valence-electron chi connectivity index (χ0n) is 18.3. The number of hydrogen-bond acceptors (Lipinski definition) is 5. The number of aliphatic hydroxyl groups excluding tert-OH is 1. The molecule has 1 saturated carbocycles. The first-order chi connectivity index (χ1) is 15.0. The highest BCUT2D eigenvalue weighted by molar-refractivity contribution is 7.80. The van der Waals surface area contributed by atoms with E-state index in [4.69, 9.17) is 17.0 Å². The van der Waals surface area contributed by atoms with Gasteiger partial charge in [-0.25, -0.2) is 4.79 Å². The van der Waals surface area contributed by atoms with Crippen molar-refractivity contribution in [1.29, 1.82) is 0 Å². The maximum atomic E-state index is 12.8. The van der Waals surface area contributed by atoms with Gasteiger partial charge in [0.15, 0.2) is 5.11 Å². The van der Waals surface area contributed by atoms with Crippen LogP contribution >= 0.6 is 12.2 Å². The largest absolute Gasteiger partial charge is 0.465 e. The van der Waals surface area contributed by atoms with E-state index in [0.29, 0.717) is 35.4 Å². The summed E-state index contributed by atoms with van der Waals surface area (Å²) in [6.45, 7) is 2.89. The fourth-order valence-corrected chi connectivity index (χ4v) is 5.13. The highest BCUT2D eigenvalue weighted by atomic mass is 32.1. The zero-order valence-corrected chi connectivity index (χ0v) is 19.1. The van der Waals surface area contributed by atoms with Gasteiger partial charge in [0.25, 0.3) is 0 Å². The number of anilines is 1. The molecule has 1 aromatic rings. The Morgan fingerprint density at radius 3 is 2.81 bits per heavy atom. The number of methoxy groups -OCH3 is 1. The number of nitrogens with zero attached hydrogens (tertiary/aromatic N) is 1. The summed E-state index contributed by atoms with van der Waals surface area (Å²) in [5, 5.41) is 16.3. The molecule has 1 aliphatic heterocycles. The van der Waals surface area contributed by atoms with Gasteiger partial charge in [0, 0.05) is 19.1 Å². The Morgan fingerprint density at radius 1 is 1.32 bits per heavy atom. The Bertz CT molecular complexity index is 803. The monoisotopic (exact) mass is 447 g/mol. The molecule has 4 atom stereocenters. The summed E-state index contributed by atoms with van der Waals surface area (Å²) >= 11 is 5.58. The lowest BCUT2D eigenvalue weighted by Crippen LogP contribution is -2.54. The number of rotatable bonds is 7. The summed E-state index contributed by atoms with van der Waals surface area (Å²) < 4.78 is 4.84. The van der Waals surface area contributed by atoms with Gasteiger partial charge in [-0.05, 0) is 61.9 Å². The molecule has 1 saturated heterocycles. The van der Waals surface area contributed by atoms with Crippen molar-refractivity contribution >= 4 is 34.9 Å². The van der Waals surface area contributed by atoms with Gasteiger partial charge < -0.3 is 25.4 Å². The molecule has 31 heavy (non-hydrogen) atoms. The third kappa shape index (κ3) is 5.74. The van der Waals surface area contributed by atoms with Crippen molar-refractivity contribution in [2.45, 2.75) is 45.1 Å². The second-order valence-corrected chi connectivity index (χ2v) is 8.92. The zero-order chi connectivity index (χ0) is 22.4. The molecule has 1 amide bonds. The number of carbonyl (C=O) groups is 2. The van der Waals surface area contributed by atoms with Crippen LogP contribution in [0.5, 0.6) is 0 Å². The molecule has 3 rings (SSSR count). The maximum Gasteiger partial charge on any atom is 0.339 e. The van der Waals surface area contributed by atoms with Crippen LogP contribution in [-0.4, -0.2) is 59.8 Å². The van der Waals surface area contributed by atoms with E-state index in [-0.39, 0.29) is 24.5 Å². The number of fused-ring (bicyclic) bond motifs is 1. The van der Waals surface area contributed by atoms with Crippen molar-refractivity contribution in [2.24, 2.45) is 17.8 Å². The summed E-state index contributed by atoms with van der Waals surface area (Å²) in [5.41, 5.74) is 0.913. The molecule has 1 aromatic carbocycles. The van der Waals surface area contributed by atoms with Crippen molar-refractivity contribution in [1.82, 2.24) is 10.2 Å². The third-order valence-corrected chi connectivity index (χ3v) is 6.99. The van der Waals surface area contributed by atoms with Gasteiger partial charge >= 0.3 is 5.97 Å². The fourth-order valence-electron chi connectivity index (χ4n) is 4.85. The van der Waals surface area contributed by atoms with Crippen LogP contribution in [0.25, 0.3) is 0 Å². The fraction of sp³-hybridized carbons (Fsp3) is 0.609. The molecular weight excluding hydrogens is 414 g/mol. The van der Waals surface area contributed by atoms with Gasteiger partial charge in [-0.1, -0.05) is 25.5 Å². The first-order valence-corrected chi connectivity index (χ1v) is 11.5. The Morgan fingerprint density at radius 2 is 2.10 bits per heavy atom. The Hall–Kier alpha value is -2.19. The summed E-state index contributed by atoms with van der Waals surface area (Å²) in [6.07, 6.45) is 5.44. The molecule has 0 radical (unpaired) electrons. The molecule has 8 heteroatoms. The minimum atomic E-state index is -0.458. The molecule has 0 spiro atoms. The smallest absolute Gasteiger partial charge is 0.339 e. The minimum absolute atomic E-state index is 0.0666. The van der Waals surface area contributed by atoms with Crippen molar-refractivity contribution in [3.8, 4) is 0 Å². The Balaban J connectivity index is 1.68. The van der Waals surface area contributed by atoms with Crippen molar-refractivity contribution < 1.29 is 19.4 Å². The number of aliphatic hydroxyl groups is 1. The molecule has 7 nitrogen and oxygen atoms in total. The highest BCUT2D eigenvalue weighted by Crippen LogP contribution is 2.37. The molecule has 1 heterocycles. The molecule has 170 valence electrons. The topological polar surface area (TPSA) is 90.9 Å². The third-order valence-electron chi connectivity index (χ3n) is 6.63. The molecular formula is C23H33N3O4S. The summed E-state index contributed by atoms with van der Waals surface area (Å²) in [5.74, 6) is 0.665. The summed E-state index contributed by atoms with van der Waals surface area (Å²) in [4.78, 5) is 26.6. The molecule has 2 fully saturated rings. The van der Waals surface area contributed by atoms with Crippen LogP contribution in [0.1, 0.15) is 49.4 Å². The number of para-hydroxylation sites is 1. The van der Waals surface area contributed by atoms with E-state index in [1.54, 1.807) is 24.3 Å². The second kappa shape index (κ2) is 10.9. The van der Waals surface area contributed by atoms with Crippen LogP contribution in [-0.2, 0) is 9.53 Å². The highest BCUT2D eigenvalue weighted by Gasteiger charge is 2.39. The normalized spacial score (nSPS) is 25.2. The van der Waals surface area contributed by atoms with Crippen LogP contribution in [0, 0.1) is 17.8 Å². The van der Waals surface area contributed by atoms with E-state index >= 15 is 0 Å². The minimum Gasteiger partial charge on any atom is -0.465 e. The maximum absolute atomic E-state index is 12.8. The van der Waals surface area contributed by atoms with Gasteiger partial charge in [-0.15, -0.1) is 0 Å². The SMILES string of the molecule is CCC1CCC2NC(=O)C(CN(CCO)C(=S)Nc3ccccc3C(=O)OC)CC2C1. The number of nitrogens with one attached hydrogen (secondary N) is 2. The predicted octanol–water partition coefficient (Wildman–Crippen LogP) is 2.80. The molecule has 4 unspecified atom stereocenters. The van der Waals surface area contributed by atoms with E-state index in [0.717, 1.165) is 25.2 Å². The standard InChI is InChI=1S/C23H33N3O4S/c1-3-15-8-9-19-16(12-15)13-17(21(28)24-19)14-26(10-11-27)23(31)25-20-7-5-4-6-18(20)22(29)30-2/h4-7,15-17,19,27H,3,8-14H2,1-2H3,(H,24,28)(H,25,31). The number of benzene rings is 1. The van der Waals surface area contributed by atoms with Gasteiger partial charge in [0.1, 0.15) is 0 Å². The van der Waals surface area contributed by atoms with E-state index in [1.807, 2.05) is 4.90 Å². The van der Waals surface area contributed by atoms with E-state index in [9.17, 15) is 14.7 Å². The van der Waals surface area contributed by atoms with Crippen LogP contribution in [0.4, 0.5) is 5.69 Å². The molecule has 2 aliphatic rings. The van der Waals surface area contributed by atoms with Crippen LogP contribution in [0.2, 0.25) is 0 Å². The average Bonchev–Trinajstić information content (AvgIpc) is 2.78. The number of esters is 1. The van der Waals surface area contributed by atoms with Crippen LogP contribution in [0.3, 0.4) is 0 Å². The Labute approximate surface area is 189 Å².